The van der Waals surface area contributed by atoms with E-state index in [1.54, 1.807) is 0 Å². The predicted octanol–water partition coefficient (Wildman–Crippen LogP) is 0.549. The van der Waals surface area contributed by atoms with Crippen LogP contribution in [-0.2, 0) is 6.54 Å². The van der Waals surface area contributed by atoms with Gasteiger partial charge < -0.3 is 20.4 Å². The Balaban J connectivity index is 2.61. The number of pyridine rings is 1. The molecule has 0 aliphatic carbocycles. The van der Waals surface area contributed by atoms with Gasteiger partial charge in [0.2, 0.25) is 0 Å². The topological polar surface area (TPSA) is 103 Å². The van der Waals surface area contributed by atoms with Gasteiger partial charge in [0, 0.05) is 12.7 Å². The van der Waals surface area contributed by atoms with Gasteiger partial charge in [-0.25, -0.2) is 18.4 Å². The van der Waals surface area contributed by atoms with E-state index < -0.39 is 31.6 Å². The molecule has 0 spiro atoms. The normalized spacial score (nSPS) is 10.5. The summed E-state index contributed by atoms with van der Waals surface area (Å²) in [4.78, 5) is 27.1. The number of halogens is 2. The fourth-order valence-corrected chi connectivity index (χ4v) is 1.55. The van der Waals surface area contributed by atoms with Gasteiger partial charge in [0.25, 0.3) is 6.43 Å². The Morgan fingerprint density at radius 3 is 2.71 bits per heavy atom. The van der Waals surface area contributed by atoms with Crippen molar-refractivity contribution in [2.45, 2.75) is 13.0 Å². The maximum absolute atomic E-state index is 12.3. The predicted molar refractivity (Wildman–Crippen MR) is 68.1 cm³/mol. The van der Waals surface area contributed by atoms with Crippen molar-refractivity contribution < 1.29 is 28.6 Å². The number of carbonyl (C=O) groups excluding carboxylic acids is 1. The number of carboxylic acid groups (broad SMARTS) is 1. The lowest BCUT2D eigenvalue weighted by Crippen LogP contribution is -2.43. The molecule has 0 atom stereocenters. The monoisotopic (exact) mass is 303 g/mol. The van der Waals surface area contributed by atoms with Crippen molar-refractivity contribution in [3.63, 3.8) is 0 Å². The molecule has 0 bridgehead atoms. The van der Waals surface area contributed by atoms with Crippen LogP contribution in [0.4, 0.5) is 13.6 Å². The zero-order valence-electron chi connectivity index (χ0n) is 11.0. The molecule has 0 fully saturated rings. The molecule has 3 N–H and O–H groups in total. The van der Waals surface area contributed by atoms with Crippen molar-refractivity contribution in [3.8, 4) is 0 Å². The van der Waals surface area contributed by atoms with Crippen molar-refractivity contribution in [1.82, 2.24) is 15.2 Å². The molecule has 1 rings (SSSR count). The van der Waals surface area contributed by atoms with Crippen LogP contribution >= 0.6 is 0 Å². The number of hydrogen-bond acceptors (Lipinski definition) is 4. The van der Waals surface area contributed by atoms with Crippen molar-refractivity contribution >= 4 is 12.0 Å². The minimum absolute atomic E-state index is 0.00837. The summed E-state index contributed by atoms with van der Waals surface area (Å²) in [7, 11) is 0. The number of nitrogens with one attached hydrogen (secondary N) is 1. The van der Waals surface area contributed by atoms with Gasteiger partial charge in [-0.05, 0) is 12.1 Å². The zero-order valence-corrected chi connectivity index (χ0v) is 11.0. The van der Waals surface area contributed by atoms with E-state index in [0.29, 0.717) is 0 Å². The molecule has 9 heteroatoms. The number of carboxylic acids is 1. The number of aromatic nitrogens is 1. The first-order valence-corrected chi connectivity index (χ1v) is 6.04. The standard InChI is InChI=1S/C12H15F2N3O4/c13-10(14)7-17(3-4-18)12(21)16-6-9-5-8(11(19)20)1-2-15-9/h1-2,5,10,18H,3-4,6-7H2,(H,16,21)(H,19,20). The SMILES string of the molecule is O=C(O)c1ccnc(CNC(=O)N(CCO)CC(F)F)c1. The van der Waals surface area contributed by atoms with E-state index in [2.05, 4.69) is 10.3 Å². The second-order valence-corrected chi connectivity index (χ2v) is 4.06. The second-order valence-electron chi connectivity index (χ2n) is 4.06. The molecule has 1 aromatic rings. The lowest BCUT2D eigenvalue weighted by Gasteiger charge is -2.21. The van der Waals surface area contributed by atoms with E-state index in [9.17, 15) is 18.4 Å². The summed E-state index contributed by atoms with van der Waals surface area (Å²) >= 11 is 0. The Morgan fingerprint density at radius 1 is 1.43 bits per heavy atom. The van der Waals surface area contributed by atoms with Gasteiger partial charge in [-0.15, -0.1) is 0 Å². The van der Waals surface area contributed by atoms with E-state index in [0.717, 1.165) is 4.90 Å². The number of carbonyl (C=O) groups is 2. The Hall–Kier alpha value is -2.29. The molecule has 0 unspecified atom stereocenters. The molecule has 2 amide bonds. The Labute approximate surface area is 119 Å². The number of urea groups is 1. The summed E-state index contributed by atoms with van der Waals surface area (Å²) in [6, 6.07) is 1.78. The first-order chi connectivity index (χ1) is 9.93. The Kier molecular flexibility index (Phi) is 6.47. The highest BCUT2D eigenvalue weighted by Crippen LogP contribution is 2.03. The number of alkyl halides is 2. The van der Waals surface area contributed by atoms with E-state index in [4.69, 9.17) is 10.2 Å². The van der Waals surface area contributed by atoms with Gasteiger partial charge in [-0.2, -0.15) is 0 Å². The van der Waals surface area contributed by atoms with Crippen LogP contribution in [0.3, 0.4) is 0 Å². The minimum atomic E-state index is -2.71. The summed E-state index contributed by atoms with van der Waals surface area (Å²) in [5.74, 6) is -1.13. The van der Waals surface area contributed by atoms with Crippen LogP contribution in [0.2, 0.25) is 0 Å². The van der Waals surface area contributed by atoms with Gasteiger partial charge in [-0.3, -0.25) is 4.98 Å². The molecule has 21 heavy (non-hydrogen) atoms. The first kappa shape index (κ1) is 16.8. The van der Waals surface area contributed by atoms with Crippen LogP contribution in [0.1, 0.15) is 16.1 Å². The highest BCUT2D eigenvalue weighted by molar-refractivity contribution is 5.87. The molecule has 0 saturated carbocycles. The molecule has 0 aliphatic rings. The van der Waals surface area contributed by atoms with E-state index in [1.165, 1.54) is 18.3 Å². The summed E-state index contributed by atoms with van der Waals surface area (Å²) in [6.07, 6.45) is -1.44. The maximum atomic E-state index is 12.3. The zero-order chi connectivity index (χ0) is 15.8. The van der Waals surface area contributed by atoms with Crippen LogP contribution in [0, 0.1) is 0 Å². The first-order valence-electron chi connectivity index (χ1n) is 6.04. The molecular weight excluding hydrogens is 288 g/mol. The lowest BCUT2D eigenvalue weighted by atomic mass is 10.2. The molecule has 7 nitrogen and oxygen atoms in total. The molecular formula is C12H15F2N3O4. The van der Waals surface area contributed by atoms with E-state index in [1.807, 2.05) is 0 Å². The van der Waals surface area contributed by atoms with Gasteiger partial charge in [-0.1, -0.05) is 0 Å². The van der Waals surface area contributed by atoms with Gasteiger partial charge >= 0.3 is 12.0 Å². The van der Waals surface area contributed by atoms with Crippen LogP contribution in [0.5, 0.6) is 0 Å². The third kappa shape index (κ3) is 5.69. The maximum Gasteiger partial charge on any atom is 0.335 e. The molecule has 0 aromatic carbocycles. The summed E-state index contributed by atoms with van der Waals surface area (Å²) in [5.41, 5.74) is 0.290. The molecule has 0 radical (unpaired) electrons. The molecule has 1 aromatic heterocycles. The third-order valence-electron chi connectivity index (χ3n) is 2.50. The third-order valence-corrected chi connectivity index (χ3v) is 2.50. The van der Waals surface area contributed by atoms with Crippen LogP contribution < -0.4 is 5.32 Å². The summed E-state index contributed by atoms with van der Waals surface area (Å²) in [6.45, 7) is -1.56. The number of hydrogen-bond donors (Lipinski definition) is 3. The number of amides is 2. The summed E-state index contributed by atoms with van der Waals surface area (Å²) in [5, 5.41) is 19.9. The number of rotatable bonds is 7. The fourth-order valence-electron chi connectivity index (χ4n) is 1.55. The average molecular weight is 303 g/mol. The smallest absolute Gasteiger partial charge is 0.335 e. The van der Waals surface area contributed by atoms with Crippen LogP contribution in [-0.4, -0.2) is 58.2 Å². The average Bonchev–Trinajstić information content (AvgIpc) is 2.44. The fraction of sp³-hybridized carbons (Fsp3) is 0.417. The molecule has 0 saturated heterocycles. The van der Waals surface area contributed by atoms with Crippen LogP contribution in [0.25, 0.3) is 0 Å². The highest BCUT2D eigenvalue weighted by Gasteiger charge is 2.17. The molecule has 1 heterocycles. The quantitative estimate of drug-likeness (QED) is 0.682. The number of aliphatic hydroxyl groups excluding tert-OH is 1. The lowest BCUT2D eigenvalue weighted by molar-refractivity contribution is 0.0696. The number of aliphatic hydroxyl groups is 1. The minimum Gasteiger partial charge on any atom is -0.478 e. The number of aromatic carboxylic acids is 1. The van der Waals surface area contributed by atoms with E-state index in [-0.39, 0.29) is 24.3 Å². The number of nitrogens with zero attached hydrogens (tertiary/aromatic N) is 2. The van der Waals surface area contributed by atoms with Crippen molar-refractivity contribution in [1.29, 1.82) is 0 Å². The largest absolute Gasteiger partial charge is 0.478 e. The van der Waals surface area contributed by atoms with Crippen molar-refractivity contribution in [2.75, 3.05) is 19.7 Å². The highest BCUT2D eigenvalue weighted by atomic mass is 19.3. The van der Waals surface area contributed by atoms with Gasteiger partial charge in [0.1, 0.15) is 0 Å². The second kappa shape index (κ2) is 8.10. The van der Waals surface area contributed by atoms with Crippen LogP contribution in [0.15, 0.2) is 18.3 Å². The van der Waals surface area contributed by atoms with Crippen molar-refractivity contribution in [2.24, 2.45) is 0 Å². The van der Waals surface area contributed by atoms with E-state index >= 15 is 0 Å². The molecule has 0 aliphatic heterocycles. The van der Waals surface area contributed by atoms with Crippen molar-refractivity contribution in [3.05, 3.63) is 29.6 Å². The van der Waals surface area contributed by atoms with Gasteiger partial charge in [0.15, 0.2) is 0 Å². The Bertz CT molecular complexity index is 499. The Morgan fingerprint density at radius 2 is 2.14 bits per heavy atom. The summed E-state index contributed by atoms with van der Waals surface area (Å²) < 4.78 is 24.6. The van der Waals surface area contributed by atoms with Gasteiger partial charge in [0.05, 0.1) is 31.0 Å². The molecule has 116 valence electrons.